The van der Waals surface area contributed by atoms with Crippen LogP contribution in [0.25, 0.3) is 10.8 Å². The number of sulfone groups is 1. The minimum absolute atomic E-state index is 0.0903. The van der Waals surface area contributed by atoms with E-state index in [2.05, 4.69) is 11.4 Å². The van der Waals surface area contributed by atoms with Crippen molar-refractivity contribution >= 4 is 26.5 Å². The first kappa shape index (κ1) is 18.0. The summed E-state index contributed by atoms with van der Waals surface area (Å²) in [5.41, 5.74) is -0.350. The number of benzene rings is 2. The maximum absolute atomic E-state index is 13.1. The van der Waals surface area contributed by atoms with Gasteiger partial charge in [0, 0.05) is 17.2 Å². The van der Waals surface area contributed by atoms with Gasteiger partial charge in [-0.1, -0.05) is 30.3 Å². The summed E-state index contributed by atoms with van der Waals surface area (Å²) in [4.78, 5) is 13.2. The van der Waals surface area contributed by atoms with Crippen LogP contribution in [0.15, 0.2) is 41.3 Å². The molecular weight excluding hydrogens is 360 g/mol. The molecule has 27 heavy (non-hydrogen) atoms. The molecule has 1 N–H and O–H groups in total. The van der Waals surface area contributed by atoms with Crippen molar-refractivity contribution in [1.82, 2.24) is 5.32 Å². The van der Waals surface area contributed by atoms with Gasteiger partial charge in [0.25, 0.3) is 5.91 Å². The largest absolute Gasteiger partial charge is 0.347 e. The molecule has 0 unspecified atom stereocenters. The lowest BCUT2D eigenvalue weighted by atomic mass is 9.58. The smallest absolute Gasteiger partial charge is 0.253 e. The van der Waals surface area contributed by atoms with E-state index >= 15 is 0 Å². The van der Waals surface area contributed by atoms with E-state index in [4.69, 9.17) is 0 Å². The number of nitrogens with one attached hydrogen (secondary N) is 1. The van der Waals surface area contributed by atoms with Crippen LogP contribution in [0.1, 0.15) is 48.9 Å². The minimum Gasteiger partial charge on any atom is -0.347 e. The highest BCUT2D eigenvalue weighted by Crippen LogP contribution is 2.52. The molecule has 0 aliphatic heterocycles. The Morgan fingerprint density at radius 3 is 2.26 bits per heavy atom. The van der Waals surface area contributed by atoms with Gasteiger partial charge in [0.2, 0.25) is 0 Å². The van der Waals surface area contributed by atoms with E-state index in [1.54, 1.807) is 24.3 Å². The zero-order valence-electron chi connectivity index (χ0n) is 15.3. The molecule has 2 aromatic carbocycles. The maximum Gasteiger partial charge on any atom is 0.253 e. The summed E-state index contributed by atoms with van der Waals surface area (Å²) in [6.07, 6.45) is 5.84. The van der Waals surface area contributed by atoms with Crippen molar-refractivity contribution in [3.05, 3.63) is 42.0 Å². The van der Waals surface area contributed by atoms with E-state index in [-0.39, 0.29) is 27.3 Å². The standard InChI is InChI=1S/C21H22N2O3S/c1-27(25,26)18-16-5-3-2-4-15(16)6-7-17(18)19(24)23-21-11-8-20(14-22,9-12-21)10-13-21/h2-7H,8-13H2,1H3,(H,23,24). The van der Waals surface area contributed by atoms with E-state index < -0.39 is 9.84 Å². The van der Waals surface area contributed by atoms with Gasteiger partial charge >= 0.3 is 0 Å². The topological polar surface area (TPSA) is 87.0 Å². The van der Waals surface area contributed by atoms with Crippen LogP contribution in [0.3, 0.4) is 0 Å². The Labute approximate surface area is 159 Å². The summed E-state index contributed by atoms with van der Waals surface area (Å²) in [5.74, 6) is -0.340. The minimum atomic E-state index is -3.58. The van der Waals surface area contributed by atoms with Gasteiger partial charge in [0.1, 0.15) is 0 Å². The van der Waals surface area contributed by atoms with Gasteiger partial charge in [-0.3, -0.25) is 4.79 Å². The van der Waals surface area contributed by atoms with Crippen molar-refractivity contribution in [1.29, 1.82) is 5.26 Å². The lowest BCUT2D eigenvalue weighted by molar-refractivity contribution is 0.0519. The molecule has 1 amide bonds. The fourth-order valence-corrected chi connectivity index (χ4v) is 5.82. The van der Waals surface area contributed by atoms with Crippen molar-refractivity contribution < 1.29 is 13.2 Å². The number of nitrogens with zero attached hydrogens (tertiary/aromatic N) is 1. The summed E-state index contributed by atoms with van der Waals surface area (Å²) in [5, 5.41) is 13.9. The van der Waals surface area contributed by atoms with Crippen molar-refractivity contribution in [3.63, 3.8) is 0 Å². The van der Waals surface area contributed by atoms with Crippen LogP contribution >= 0.6 is 0 Å². The maximum atomic E-state index is 13.1. The van der Waals surface area contributed by atoms with Crippen molar-refractivity contribution in [2.45, 2.75) is 49.0 Å². The summed E-state index contributed by atoms with van der Waals surface area (Å²) >= 11 is 0. The van der Waals surface area contributed by atoms with E-state index in [1.807, 2.05) is 12.1 Å². The van der Waals surface area contributed by atoms with Gasteiger partial charge in [0.05, 0.1) is 21.9 Å². The Hall–Kier alpha value is -2.39. The van der Waals surface area contributed by atoms with Crippen LogP contribution in [0.5, 0.6) is 0 Å². The van der Waals surface area contributed by atoms with Crippen LogP contribution < -0.4 is 5.32 Å². The molecule has 0 spiro atoms. The molecule has 0 atom stereocenters. The van der Waals surface area contributed by atoms with Crippen LogP contribution in [0.2, 0.25) is 0 Å². The first-order chi connectivity index (χ1) is 12.8. The number of hydrogen-bond acceptors (Lipinski definition) is 4. The highest BCUT2D eigenvalue weighted by Gasteiger charge is 2.49. The van der Waals surface area contributed by atoms with Crippen molar-refractivity contribution in [2.75, 3.05) is 6.26 Å². The fraction of sp³-hybridized carbons (Fsp3) is 0.429. The normalized spacial score (nSPS) is 27.3. The molecule has 0 heterocycles. The van der Waals surface area contributed by atoms with E-state index in [9.17, 15) is 18.5 Å². The third-order valence-corrected chi connectivity index (χ3v) is 7.54. The average molecular weight is 382 g/mol. The highest BCUT2D eigenvalue weighted by molar-refractivity contribution is 7.91. The number of nitriles is 1. The molecule has 3 saturated carbocycles. The number of carbonyl (C=O) groups is 1. The molecule has 2 bridgehead atoms. The number of rotatable bonds is 3. The molecule has 0 radical (unpaired) electrons. The molecule has 0 saturated heterocycles. The molecule has 3 fully saturated rings. The number of fused-ring (bicyclic) bond motifs is 4. The Balaban J connectivity index is 1.71. The Morgan fingerprint density at radius 2 is 1.67 bits per heavy atom. The van der Waals surface area contributed by atoms with Gasteiger partial charge < -0.3 is 5.32 Å². The van der Waals surface area contributed by atoms with Gasteiger partial charge in [-0.05, 0) is 50.0 Å². The third-order valence-electron chi connectivity index (χ3n) is 6.36. The molecule has 3 aliphatic carbocycles. The molecule has 5 nitrogen and oxygen atoms in total. The molecule has 5 rings (SSSR count). The quantitative estimate of drug-likeness (QED) is 0.879. The average Bonchev–Trinajstić information content (AvgIpc) is 2.67. The molecule has 6 heteroatoms. The predicted molar refractivity (Wildman–Crippen MR) is 103 cm³/mol. The first-order valence-electron chi connectivity index (χ1n) is 9.23. The Morgan fingerprint density at radius 1 is 1.04 bits per heavy atom. The zero-order chi connectivity index (χ0) is 19.3. The van der Waals surface area contributed by atoms with Gasteiger partial charge in [0.15, 0.2) is 9.84 Å². The van der Waals surface area contributed by atoms with E-state index in [1.165, 1.54) is 0 Å². The van der Waals surface area contributed by atoms with Crippen LogP contribution in [-0.4, -0.2) is 26.1 Å². The monoisotopic (exact) mass is 382 g/mol. The summed E-state index contributed by atoms with van der Waals surface area (Å²) in [6.45, 7) is 0. The number of carbonyl (C=O) groups excluding carboxylic acids is 1. The van der Waals surface area contributed by atoms with Crippen LogP contribution in [-0.2, 0) is 9.84 Å². The molecule has 140 valence electrons. The molecule has 2 aromatic rings. The third kappa shape index (κ3) is 3.00. The molecule has 0 aromatic heterocycles. The molecule has 3 aliphatic rings. The fourth-order valence-electron chi connectivity index (χ4n) is 4.67. The van der Waals surface area contributed by atoms with Crippen molar-refractivity contribution in [2.24, 2.45) is 5.41 Å². The lowest BCUT2D eigenvalue weighted by Gasteiger charge is -2.50. The number of amides is 1. The van der Waals surface area contributed by atoms with Gasteiger partial charge in [-0.25, -0.2) is 8.42 Å². The summed E-state index contributed by atoms with van der Waals surface area (Å²) in [7, 11) is -3.58. The molecular formula is C21H22N2O3S. The zero-order valence-corrected chi connectivity index (χ0v) is 16.1. The van der Waals surface area contributed by atoms with Gasteiger partial charge in [-0.15, -0.1) is 0 Å². The second-order valence-electron chi connectivity index (χ2n) is 8.06. The highest BCUT2D eigenvalue weighted by atomic mass is 32.2. The lowest BCUT2D eigenvalue weighted by Crippen LogP contribution is -2.56. The number of hydrogen-bond donors (Lipinski definition) is 1. The predicted octanol–water partition coefficient (Wildman–Crippen LogP) is 3.59. The summed E-state index contributed by atoms with van der Waals surface area (Å²) < 4.78 is 25.0. The summed E-state index contributed by atoms with van der Waals surface area (Å²) in [6, 6.07) is 13.1. The van der Waals surface area contributed by atoms with Crippen molar-refractivity contribution in [3.8, 4) is 6.07 Å². The first-order valence-corrected chi connectivity index (χ1v) is 11.1. The van der Waals surface area contributed by atoms with Gasteiger partial charge in [-0.2, -0.15) is 5.26 Å². The second-order valence-corrected chi connectivity index (χ2v) is 10.0. The Bertz CT molecular complexity index is 1060. The van der Waals surface area contributed by atoms with Crippen LogP contribution in [0, 0.1) is 16.7 Å². The SMILES string of the molecule is CS(=O)(=O)c1c(C(=O)NC23CCC(C#N)(CC2)CC3)ccc2ccccc12. The van der Waals surface area contributed by atoms with Crippen LogP contribution in [0.4, 0.5) is 0 Å². The second kappa shape index (κ2) is 6.07. The Kier molecular flexibility index (Phi) is 4.04. The van der Waals surface area contributed by atoms with E-state index in [0.29, 0.717) is 5.39 Å². The van der Waals surface area contributed by atoms with E-state index in [0.717, 1.165) is 50.2 Å².